The molecule has 0 unspecified atom stereocenters. The minimum Gasteiger partial charge on any atom is -0.493 e. The van der Waals surface area contributed by atoms with Crippen LogP contribution in [0.25, 0.3) is 16.7 Å². The molecule has 0 aliphatic carbocycles. The van der Waals surface area contributed by atoms with Crippen LogP contribution in [0.4, 0.5) is 10.2 Å². The van der Waals surface area contributed by atoms with Crippen molar-refractivity contribution in [3.8, 4) is 34.6 Å². The van der Waals surface area contributed by atoms with Crippen LogP contribution in [0.1, 0.15) is 17.4 Å². The lowest BCUT2D eigenvalue weighted by atomic mass is 10.2. The fraction of sp³-hybridized carbons (Fsp3) is 0.154. The Morgan fingerprint density at radius 2 is 1.74 bits per heavy atom. The van der Waals surface area contributed by atoms with Crippen molar-refractivity contribution >= 4 is 22.6 Å². The van der Waals surface area contributed by atoms with E-state index in [0.717, 1.165) is 4.68 Å². The lowest BCUT2D eigenvalue weighted by molar-refractivity contribution is 0.101. The Kier molecular flexibility index (Phi) is 7.12. The monoisotopic (exact) mass is 531 g/mol. The molecule has 0 atom stereocenters. The SMILES string of the molecule is CCOc1cn(-c2nccnc2F)nc1C(=O)Nc1ccc(Oc2ccnc3cc(OC)c(OC)cc23)cn1. The second-order valence-corrected chi connectivity index (χ2v) is 7.86. The summed E-state index contributed by atoms with van der Waals surface area (Å²) >= 11 is 0. The molecule has 12 nitrogen and oxygen atoms in total. The van der Waals surface area contributed by atoms with Gasteiger partial charge in [0.25, 0.3) is 11.9 Å². The first-order chi connectivity index (χ1) is 19.0. The normalized spacial score (nSPS) is 10.8. The van der Waals surface area contributed by atoms with Gasteiger partial charge >= 0.3 is 0 Å². The number of pyridine rings is 2. The smallest absolute Gasteiger partial charge is 0.281 e. The summed E-state index contributed by atoms with van der Waals surface area (Å²) in [5.74, 6) is 0.811. The fourth-order valence-corrected chi connectivity index (χ4v) is 3.71. The molecule has 4 heterocycles. The number of carbonyl (C=O) groups excluding carboxylic acids is 1. The Balaban J connectivity index is 1.35. The molecule has 39 heavy (non-hydrogen) atoms. The highest BCUT2D eigenvalue weighted by molar-refractivity contribution is 6.04. The van der Waals surface area contributed by atoms with E-state index in [4.69, 9.17) is 18.9 Å². The van der Waals surface area contributed by atoms with Gasteiger partial charge < -0.3 is 24.3 Å². The van der Waals surface area contributed by atoms with Gasteiger partial charge in [0.2, 0.25) is 5.82 Å². The third kappa shape index (κ3) is 5.23. The number of rotatable bonds is 9. The van der Waals surface area contributed by atoms with Crippen LogP contribution in [0.15, 0.2) is 61.3 Å². The Bertz CT molecular complexity index is 1640. The summed E-state index contributed by atoms with van der Waals surface area (Å²) in [6, 6.07) is 8.47. The van der Waals surface area contributed by atoms with Gasteiger partial charge in [-0.15, -0.1) is 0 Å². The first kappa shape index (κ1) is 25.3. The average Bonchev–Trinajstić information content (AvgIpc) is 3.37. The highest BCUT2D eigenvalue weighted by atomic mass is 19.1. The van der Waals surface area contributed by atoms with Crippen molar-refractivity contribution in [3.05, 3.63) is 73.0 Å². The van der Waals surface area contributed by atoms with Crippen molar-refractivity contribution < 1.29 is 28.1 Å². The van der Waals surface area contributed by atoms with Gasteiger partial charge in [0.05, 0.1) is 38.7 Å². The molecule has 0 radical (unpaired) electrons. The van der Waals surface area contributed by atoms with Gasteiger partial charge in [0, 0.05) is 30.0 Å². The van der Waals surface area contributed by atoms with E-state index in [1.807, 2.05) is 0 Å². The van der Waals surface area contributed by atoms with Crippen molar-refractivity contribution in [2.45, 2.75) is 6.92 Å². The van der Waals surface area contributed by atoms with Crippen molar-refractivity contribution in [3.63, 3.8) is 0 Å². The second-order valence-electron chi connectivity index (χ2n) is 7.86. The Labute approximate surface area is 221 Å². The number of anilines is 1. The van der Waals surface area contributed by atoms with Gasteiger partial charge in [0.15, 0.2) is 22.9 Å². The Morgan fingerprint density at radius 1 is 0.949 bits per heavy atom. The third-order valence-electron chi connectivity index (χ3n) is 5.46. The molecular formula is C26H22FN7O5. The summed E-state index contributed by atoms with van der Waals surface area (Å²) in [5.41, 5.74) is 0.588. The van der Waals surface area contributed by atoms with E-state index in [9.17, 15) is 9.18 Å². The van der Waals surface area contributed by atoms with Gasteiger partial charge in [-0.05, 0) is 31.2 Å². The molecule has 0 aliphatic heterocycles. The van der Waals surface area contributed by atoms with E-state index in [2.05, 4.69) is 30.4 Å². The molecule has 1 aromatic carbocycles. The van der Waals surface area contributed by atoms with Gasteiger partial charge in [-0.3, -0.25) is 9.78 Å². The van der Waals surface area contributed by atoms with Crippen LogP contribution in [0, 0.1) is 5.95 Å². The largest absolute Gasteiger partial charge is 0.493 e. The molecule has 0 saturated carbocycles. The fourth-order valence-electron chi connectivity index (χ4n) is 3.71. The van der Waals surface area contributed by atoms with Crippen LogP contribution in [0.5, 0.6) is 28.7 Å². The lowest BCUT2D eigenvalue weighted by Gasteiger charge is -2.12. The number of aromatic nitrogens is 6. The third-order valence-corrected chi connectivity index (χ3v) is 5.46. The molecular weight excluding hydrogens is 509 g/mol. The van der Waals surface area contributed by atoms with E-state index < -0.39 is 11.9 Å². The minimum absolute atomic E-state index is 0.0725. The summed E-state index contributed by atoms with van der Waals surface area (Å²) in [4.78, 5) is 29.1. The number of amides is 1. The van der Waals surface area contributed by atoms with E-state index in [1.165, 1.54) is 24.8 Å². The van der Waals surface area contributed by atoms with Crippen molar-refractivity contribution in [2.75, 3.05) is 26.1 Å². The second kappa shape index (κ2) is 11.0. The Hall–Kier alpha value is -5.33. The molecule has 5 rings (SSSR count). The highest BCUT2D eigenvalue weighted by Gasteiger charge is 2.21. The lowest BCUT2D eigenvalue weighted by Crippen LogP contribution is -2.15. The Morgan fingerprint density at radius 3 is 2.46 bits per heavy atom. The van der Waals surface area contributed by atoms with Crippen molar-refractivity contribution in [2.24, 2.45) is 0 Å². The average molecular weight is 532 g/mol. The number of hydrogen-bond donors (Lipinski definition) is 1. The maximum atomic E-state index is 14.1. The van der Waals surface area contributed by atoms with Crippen LogP contribution in [0.3, 0.4) is 0 Å². The number of benzene rings is 1. The van der Waals surface area contributed by atoms with Crippen LogP contribution in [-0.2, 0) is 0 Å². The number of hydrogen-bond acceptors (Lipinski definition) is 10. The van der Waals surface area contributed by atoms with Crippen LogP contribution >= 0.6 is 0 Å². The molecule has 198 valence electrons. The number of fused-ring (bicyclic) bond motifs is 1. The zero-order valence-electron chi connectivity index (χ0n) is 21.1. The van der Waals surface area contributed by atoms with Gasteiger partial charge in [0.1, 0.15) is 17.3 Å². The van der Waals surface area contributed by atoms with Crippen molar-refractivity contribution in [1.29, 1.82) is 0 Å². The molecule has 1 N–H and O–H groups in total. The maximum Gasteiger partial charge on any atom is 0.281 e. The number of nitrogens with one attached hydrogen (secondary N) is 1. The number of methoxy groups -OCH3 is 2. The molecule has 0 bridgehead atoms. The topological polar surface area (TPSA) is 135 Å². The maximum absolute atomic E-state index is 14.1. The molecule has 0 fully saturated rings. The first-order valence-electron chi connectivity index (χ1n) is 11.7. The molecule has 0 saturated heterocycles. The standard InChI is InChI=1S/C26H22FN7O5/c1-4-38-21-14-34(25-24(27)29-9-10-30-25)33-23(21)26(35)32-22-6-5-15(13-31-22)39-18-7-8-28-17-12-20(37-3)19(36-2)11-16(17)18/h5-14H,4H2,1-3H3,(H,31,32,35). The number of nitrogens with zero attached hydrogens (tertiary/aromatic N) is 6. The van der Waals surface area contributed by atoms with E-state index in [-0.39, 0.29) is 29.7 Å². The molecule has 13 heteroatoms. The van der Waals surface area contributed by atoms with E-state index >= 15 is 0 Å². The van der Waals surface area contributed by atoms with Crippen LogP contribution < -0.4 is 24.3 Å². The van der Waals surface area contributed by atoms with Gasteiger partial charge in [-0.1, -0.05) is 0 Å². The molecule has 5 aromatic rings. The summed E-state index contributed by atoms with van der Waals surface area (Å²) in [6.45, 7) is 2.02. The van der Waals surface area contributed by atoms with E-state index in [1.54, 1.807) is 57.7 Å². The van der Waals surface area contributed by atoms with Gasteiger partial charge in [-0.25, -0.2) is 19.6 Å². The number of carbonyl (C=O) groups is 1. The number of halogens is 1. The van der Waals surface area contributed by atoms with Crippen molar-refractivity contribution in [1.82, 2.24) is 29.7 Å². The minimum atomic E-state index is -0.841. The summed E-state index contributed by atoms with van der Waals surface area (Å²) in [5, 5.41) is 7.51. The highest BCUT2D eigenvalue weighted by Crippen LogP contribution is 2.36. The van der Waals surface area contributed by atoms with Gasteiger partial charge in [-0.2, -0.15) is 9.49 Å². The molecule has 0 aliphatic rings. The zero-order chi connectivity index (χ0) is 27.4. The predicted molar refractivity (Wildman–Crippen MR) is 137 cm³/mol. The van der Waals surface area contributed by atoms with Crippen LogP contribution in [0.2, 0.25) is 0 Å². The zero-order valence-corrected chi connectivity index (χ0v) is 21.1. The van der Waals surface area contributed by atoms with Crippen LogP contribution in [-0.4, -0.2) is 56.5 Å². The predicted octanol–water partition coefficient (Wildman–Crippen LogP) is 4.21. The molecule has 1 amide bonds. The summed E-state index contributed by atoms with van der Waals surface area (Å²) < 4.78 is 37.5. The summed E-state index contributed by atoms with van der Waals surface area (Å²) in [6.07, 6.45) is 6.96. The van der Waals surface area contributed by atoms with E-state index in [0.29, 0.717) is 33.9 Å². The quantitative estimate of drug-likeness (QED) is 0.295. The molecule has 0 spiro atoms. The molecule has 4 aromatic heterocycles. The number of ether oxygens (including phenoxy) is 4. The first-order valence-corrected chi connectivity index (χ1v) is 11.7. The summed E-state index contributed by atoms with van der Waals surface area (Å²) in [7, 11) is 3.10.